The van der Waals surface area contributed by atoms with E-state index in [0.29, 0.717) is 17.1 Å². The topological polar surface area (TPSA) is 52.6 Å². The van der Waals surface area contributed by atoms with Gasteiger partial charge in [0.2, 0.25) is 0 Å². The number of Topliss-reactive ketones (excluding diaryl/α,β-unsaturated/α-hetero) is 2. The number of ketones is 2. The Hall–Kier alpha value is -2.36. The molecule has 2 aromatic carbocycles. The number of carbonyl (C=O) groups is 2. The van der Waals surface area contributed by atoms with E-state index in [-0.39, 0.29) is 18.0 Å². The first-order chi connectivity index (χ1) is 9.56. The SMILES string of the molecule is COc1ccc2ccc(OC)c(C(=O)CC(C)=O)c2c1. The lowest BCUT2D eigenvalue weighted by atomic mass is 9.97. The third kappa shape index (κ3) is 2.64. The average Bonchev–Trinajstić information content (AvgIpc) is 2.44. The lowest BCUT2D eigenvalue weighted by Gasteiger charge is -2.11. The summed E-state index contributed by atoms with van der Waals surface area (Å²) in [7, 11) is 3.07. The molecule has 0 saturated carbocycles. The molecule has 0 heterocycles. The molecule has 0 fully saturated rings. The van der Waals surface area contributed by atoms with Crippen LogP contribution in [0.5, 0.6) is 11.5 Å². The van der Waals surface area contributed by atoms with E-state index >= 15 is 0 Å². The number of hydrogen-bond acceptors (Lipinski definition) is 4. The molecule has 2 aromatic rings. The van der Waals surface area contributed by atoms with Gasteiger partial charge in [0.15, 0.2) is 5.78 Å². The van der Waals surface area contributed by atoms with Crippen LogP contribution in [0, 0.1) is 0 Å². The lowest BCUT2D eigenvalue weighted by molar-refractivity contribution is -0.116. The normalized spacial score (nSPS) is 10.3. The number of ether oxygens (including phenoxy) is 2. The lowest BCUT2D eigenvalue weighted by Crippen LogP contribution is -2.07. The highest BCUT2D eigenvalue weighted by atomic mass is 16.5. The molecular weight excluding hydrogens is 256 g/mol. The van der Waals surface area contributed by atoms with E-state index in [4.69, 9.17) is 9.47 Å². The second-order valence-electron chi connectivity index (χ2n) is 4.53. The van der Waals surface area contributed by atoms with Gasteiger partial charge in [-0.1, -0.05) is 12.1 Å². The van der Waals surface area contributed by atoms with Crippen molar-refractivity contribution in [1.82, 2.24) is 0 Å². The van der Waals surface area contributed by atoms with E-state index in [9.17, 15) is 9.59 Å². The fourth-order valence-electron chi connectivity index (χ4n) is 2.18. The van der Waals surface area contributed by atoms with E-state index < -0.39 is 0 Å². The minimum Gasteiger partial charge on any atom is -0.497 e. The highest BCUT2D eigenvalue weighted by molar-refractivity contribution is 6.16. The Morgan fingerprint density at radius 3 is 2.35 bits per heavy atom. The molecule has 4 nitrogen and oxygen atoms in total. The Labute approximate surface area is 117 Å². The van der Waals surface area contributed by atoms with Gasteiger partial charge < -0.3 is 9.47 Å². The fraction of sp³-hybridized carbons (Fsp3) is 0.250. The largest absolute Gasteiger partial charge is 0.497 e. The first kappa shape index (κ1) is 14.1. The standard InChI is InChI=1S/C16H16O4/c1-10(17)8-14(18)16-13-9-12(19-2)6-4-11(13)5-7-15(16)20-3/h4-7,9H,8H2,1-3H3. The number of rotatable bonds is 5. The molecule has 0 amide bonds. The van der Waals surface area contributed by atoms with Crippen LogP contribution in [0.15, 0.2) is 30.3 Å². The van der Waals surface area contributed by atoms with Crippen LogP contribution in [0.4, 0.5) is 0 Å². The summed E-state index contributed by atoms with van der Waals surface area (Å²) in [5.41, 5.74) is 0.430. The minimum atomic E-state index is -0.242. The Morgan fingerprint density at radius 1 is 1.05 bits per heavy atom. The minimum absolute atomic E-state index is 0.132. The molecule has 0 aliphatic rings. The molecule has 0 aliphatic heterocycles. The van der Waals surface area contributed by atoms with Gasteiger partial charge in [-0.2, -0.15) is 0 Å². The summed E-state index contributed by atoms with van der Waals surface area (Å²) in [5.74, 6) is 0.713. The summed E-state index contributed by atoms with van der Waals surface area (Å²) in [5, 5.41) is 1.63. The van der Waals surface area contributed by atoms with E-state index in [1.807, 2.05) is 18.2 Å². The molecule has 104 valence electrons. The monoisotopic (exact) mass is 272 g/mol. The average molecular weight is 272 g/mol. The van der Waals surface area contributed by atoms with Gasteiger partial charge in [0, 0.05) is 0 Å². The maximum atomic E-state index is 12.3. The molecule has 0 N–H and O–H groups in total. The first-order valence-corrected chi connectivity index (χ1v) is 6.24. The fourth-order valence-corrected chi connectivity index (χ4v) is 2.18. The number of benzene rings is 2. The van der Waals surface area contributed by atoms with Crippen molar-refractivity contribution in [2.75, 3.05) is 14.2 Å². The van der Waals surface area contributed by atoms with Crippen molar-refractivity contribution in [3.05, 3.63) is 35.9 Å². The van der Waals surface area contributed by atoms with Crippen LogP contribution in [-0.2, 0) is 4.79 Å². The number of carbonyl (C=O) groups excluding carboxylic acids is 2. The summed E-state index contributed by atoms with van der Waals surface area (Å²) in [6.45, 7) is 1.40. The summed E-state index contributed by atoms with van der Waals surface area (Å²) in [6, 6.07) is 9.09. The van der Waals surface area contributed by atoms with E-state index in [1.54, 1.807) is 19.2 Å². The predicted octanol–water partition coefficient (Wildman–Crippen LogP) is 3.02. The molecule has 0 atom stereocenters. The highest BCUT2D eigenvalue weighted by Gasteiger charge is 2.18. The molecule has 0 unspecified atom stereocenters. The molecule has 20 heavy (non-hydrogen) atoms. The number of methoxy groups -OCH3 is 2. The van der Waals surface area contributed by atoms with Crippen LogP contribution < -0.4 is 9.47 Å². The quantitative estimate of drug-likeness (QED) is 0.620. The molecule has 2 rings (SSSR count). The smallest absolute Gasteiger partial charge is 0.174 e. The van der Waals surface area contributed by atoms with Gasteiger partial charge in [-0.05, 0) is 35.9 Å². The third-order valence-corrected chi connectivity index (χ3v) is 3.10. The van der Waals surface area contributed by atoms with Gasteiger partial charge in [-0.25, -0.2) is 0 Å². The van der Waals surface area contributed by atoms with Crippen LogP contribution in [0.1, 0.15) is 23.7 Å². The molecule has 0 spiro atoms. The number of fused-ring (bicyclic) bond motifs is 1. The molecular formula is C16H16O4. The van der Waals surface area contributed by atoms with Crippen molar-refractivity contribution < 1.29 is 19.1 Å². The van der Waals surface area contributed by atoms with Crippen LogP contribution in [-0.4, -0.2) is 25.8 Å². The Balaban J connectivity index is 2.69. The molecule has 0 bridgehead atoms. The van der Waals surface area contributed by atoms with Gasteiger partial charge in [-0.3, -0.25) is 9.59 Å². The molecule has 0 radical (unpaired) electrons. The summed E-state index contributed by atoms with van der Waals surface area (Å²) in [4.78, 5) is 23.5. The van der Waals surface area contributed by atoms with Crippen molar-refractivity contribution in [3.63, 3.8) is 0 Å². The van der Waals surface area contributed by atoms with Crippen molar-refractivity contribution in [2.45, 2.75) is 13.3 Å². The maximum Gasteiger partial charge on any atom is 0.174 e. The third-order valence-electron chi connectivity index (χ3n) is 3.10. The van der Waals surface area contributed by atoms with Crippen molar-refractivity contribution >= 4 is 22.3 Å². The van der Waals surface area contributed by atoms with Gasteiger partial charge in [0.05, 0.1) is 26.2 Å². The van der Waals surface area contributed by atoms with Gasteiger partial charge in [-0.15, -0.1) is 0 Å². The highest BCUT2D eigenvalue weighted by Crippen LogP contribution is 2.31. The van der Waals surface area contributed by atoms with Crippen LogP contribution in [0.3, 0.4) is 0 Å². The Kier molecular flexibility index (Phi) is 4.03. The predicted molar refractivity (Wildman–Crippen MR) is 76.7 cm³/mol. The molecule has 0 aromatic heterocycles. The Morgan fingerprint density at radius 2 is 1.75 bits per heavy atom. The van der Waals surface area contributed by atoms with Crippen molar-refractivity contribution in [1.29, 1.82) is 0 Å². The van der Waals surface area contributed by atoms with Crippen LogP contribution in [0.2, 0.25) is 0 Å². The van der Waals surface area contributed by atoms with Crippen molar-refractivity contribution in [3.8, 4) is 11.5 Å². The van der Waals surface area contributed by atoms with Gasteiger partial charge >= 0.3 is 0 Å². The zero-order valence-corrected chi connectivity index (χ0v) is 11.7. The maximum absolute atomic E-state index is 12.3. The van der Waals surface area contributed by atoms with E-state index in [1.165, 1.54) is 14.0 Å². The van der Waals surface area contributed by atoms with Crippen LogP contribution in [0.25, 0.3) is 10.8 Å². The molecule has 4 heteroatoms. The zero-order valence-electron chi connectivity index (χ0n) is 11.7. The van der Waals surface area contributed by atoms with Crippen LogP contribution >= 0.6 is 0 Å². The Bertz CT molecular complexity index is 668. The van der Waals surface area contributed by atoms with E-state index in [2.05, 4.69) is 0 Å². The summed E-state index contributed by atoms with van der Waals surface area (Å²) < 4.78 is 10.4. The zero-order chi connectivity index (χ0) is 14.7. The van der Waals surface area contributed by atoms with Gasteiger partial charge in [0.1, 0.15) is 17.3 Å². The molecule has 0 aliphatic carbocycles. The molecule has 0 saturated heterocycles. The number of hydrogen-bond donors (Lipinski definition) is 0. The summed E-state index contributed by atoms with van der Waals surface area (Å²) >= 11 is 0. The van der Waals surface area contributed by atoms with E-state index in [0.717, 1.165) is 10.8 Å². The second-order valence-corrected chi connectivity index (χ2v) is 4.53. The second kappa shape index (κ2) is 5.74. The first-order valence-electron chi connectivity index (χ1n) is 6.24. The van der Waals surface area contributed by atoms with Gasteiger partial charge in [0.25, 0.3) is 0 Å². The van der Waals surface area contributed by atoms with Crippen molar-refractivity contribution in [2.24, 2.45) is 0 Å². The summed E-state index contributed by atoms with van der Waals surface area (Å²) in [6.07, 6.45) is -0.132.